The first-order chi connectivity index (χ1) is 23.5. The maximum absolute atomic E-state index is 13.7. The fourth-order valence-electron chi connectivity index (χ4n) is 6.45. The molecule has 8 heteroatoms. The largest absolute Gasteiger partial charge is 0.512 e. The van der Waals surface area contributed by atoms with E-state index in [0.717, 1.165) is 68.1 Å². The topological polar surface area (TPSA) is 50.2 Å². The molecule has 5 aromatic rings. The molecule has 0 saturated carbocycles. The molecule has 1 radical (unpaired) electrons. The SMILES string of the molecule is CC(C)(C)c1cc(-c2nccc3c2sc2c(CC(C)(C)C(F)(F)F)cccc23)[c-]c2ccccc12.CCC(CC)C(=O)/C=C(\O)C(CC)CC.[Ir]. The molecule has 0 unspecified atom stereocenters. The Labute approximate surface area is 319 Å². The molecule has 0 aliphatic rings. The van der Waals surface area contributed by atoms with Gasteiger partial charge in [-0.1, -0.05) is 110 Å². The van der Waals surface area contributed by atoms with Crippen LogP contribution >= 0.6 is 11.3 Å². The first kappa shape index (κ1) is 42.4. The molecule has 0 amide bonds. The second-order valence-corrected chi connectivity index (χ2v) is 15.9. The van der Waals surface area contributed by atoms with Gasteiger partial charge >= 0.3 is 6.18 Å². The van der Waals surface area contributed by atoms with Crippen LogP contribution in [0.3, 0.4) is 0 Å². The first-order valence-corrected chi connectivity index (χ1v) is 18.5. The van der Waals surface area contributed by atoms with Gasteiger partial charge in [-0.25, -0.2) is 0 Å². The number of thiophene rings is 1. The molecule has 3 aromatic carbocycles. The smallest absolute Gasteiger partial charge is 0.394 e. The Morgan fingerprint density at radius 2 is 1.43 bits per heavy atom. The minimum absolute atomic E-state index is 0. The number of alkyl halides is 3. The second kappa shape index (κ2) is 17.2. The summed E-state index contributed by atoms with van der Waals surface area (Å²) in [6, 6.07) is 21.6. The van der Waals surface area contributed by atoms with Gasteiger partial charge in [-0.15, -0.1) is 40.5 Å². The van der Waals surface area contributed by atoms with E-state index in [0.29, 0.717) is 0 Å². The van der Waals surface area contributed by atoms with Crippen molar-refractivity contribution in [1.29, 1.82) is 0 Å². The normalized spacial score (nSPS) is 12.8. The number of benzene rings is 3. The zero-order valence-corrected chi connectivity index (χ0v) is 34.4. The monoisotopic (exact) mass is 895 g/mol. The first-order valence-electron chi connectivity index (χ1n) is 17.7. The summed E-state index contributed by atoms with van der Waals surface area (Å²) in [6.45, 7) is 17.2. The summed E-state index contributed by atoms with van der Waals surface area (Å²) < 4.78 is 42.9. The molecule has 0 fully saturated rings. The number of carbonyl (C=O) groups is 1. The molecule has 51 heavy (non-hydrogen) atoms. The van der Waals surface area contributed by atoms with Crippen molar-refractivity contribution in [2.75, 3.05) is 0 Å². The molecule has 2 aromatic heterocycles. The van der Waals surface area contributed by atoms with Gasteiger partial charge < -0.3 is 5.11 Å². The predicted octanol–water partition coefficient (Wildman–Crippen LogP) is 13.4. The van der Waals surface area contributed by atoms with Gasteiger partial charge in [0.2, 0.25) is 0 Å². The molecular formula is C43H51F3IrNO2S-. The summed E-state index contributed by atoms with van der Waals surface area (Å²) >= 11 is 1.53. The standard InChI is InChI=1S/C30H27F3NS.C13H24O2.Ir/c1-28(2,3)24-16-20(15-18-9-6-7-11-21(18)24)25-27-23(13-14-34-25)22-12-8-10-19(26(22)35-27)17-29(4,5)30(31,32)33;1-5-10(6-2)12(14)9-13(15)11(7-3)8-4;/h6-14,16H,17H2,1-5H3;9-11,14H,5-8H2,1-4H3;/q-1;;/b;12-9-;. The van der Waals surface area contributed by atoms with E-state index in [1.165, 1.54) is 42.2 Å². The summed E-state index contributed by atoms with van der Waals surface area (Å²) in [4.78, 5) is 16.5. The van der Waals surface area contributed by atoms with Crippen LogP contribution in [0.4, 0.5) is 13.2 Å². The van der Waals surface area contributed by atoms with Crippen LogP contribution in [-0.2, 0) is 36.7 Å². The zero-order valence-electron chi connectivity index (χ0n) is 31.2. The molecular weight excluding hydrogens is 844 g/mol. The summed E-state index contributed by atoms with van der Waals surface area (Å²) in [5, 5.41) is 13.9. The second-order valence-electron chi connectivity index (χ2n) is 14.9. The molecule has 3 nitrogen and oxygen atoms in total. The number of allylic oxidation sites excluding steroid dienone is 2. The molecule has 1 N–H and O–H groups in total. The maximum atomic E-state index is 13.7. The van der Waals surface area contributed by atoms with Crippen molar-refractivity contribution in [3.05, 3.63) is 89.8 Å². The van der Waals surface area contributed by atoms with Gasteiger partial charge in [-0.2, -0.15) is 13.2 Å². The van der Waals surface area contributed by atoms with E-state index in [2.05, 4.69) is 45.0 Å². The summed E-state index contributed by atoms with van der Waals surface area (Å²) in [5.74, 6) is 0.547. The van der Waals surface area contributed by atoms with E-state index in [9.17, 15) is 23.1 Å². The van der Waals surface area contributed by atoms with Gasteiger partial charge in [0.25, 0.3) is 0 Å². The Hall–Kier alpha value is -3.06. The summed E-state index contributed by atoms with van der Waals surface area (Å²) in [5.41, 5.74) is 1.77. The van der Waals surface area contributed by atoms with E-state index in [1.807, 2.05) is 64.1 Å². The van der Waals surface area contributed by atoms with E-state index in [4.69, 9.17) is 4.98 Å². The van der Waals surface area contributed by atoms with E-state index < -0.39 is 11.6 Å². The van der Waals surface area contributed by atoms with Crippen molar-refractivity contribution in [3.63, 3.8) is 0 Å². The molecule has 0 spiro atoms. The fraction of sp³-hybridized carbons (Fsp3) is 0.442. The molecule has 277 valence electrons. The predicted molar refractivity (Wildman–Crippen MR) is 205 cm³/mol. The molecule has 0 atom stereocenters. The number of pyridine rings is 1. The third kappa shape index (κ3) is 9.49. The minimum Gasteiger partial charge on any atom is -0.512 e. The van der Waals surface area contributed by atoms with Crippen LogP contribution in [0, 0.1) is 23.3 Å². The maximum Gasteiger partial charge on any atom is 0.394 e. The summed E-state index contributed by atoms with van der Waals surface area (Å²) in [7, 11) is 0. The van der Waals surface area contributed by atoms with Crippen LogP contribution in [-0.4, -0.2) is 22.1 Å². The Morgan fingerprint density at radius 3 is 2.02 bits per heavy atom. The average Bonchev–Trinajstić information content (AvgIpc) is 3.44. The van der Waals surface area contributed by atoms with Crippen LogP contribution in [0.2, 0.25) is 0 Å². The van der Waals surface area contributed by atoms with E-state index >= 15 is 0 Å². The number of fused-ring (bicyclic) bond motifs is 4. The number of hydrogen-bond acceptors (Lipinski definition) is 4. The third-order valence-electron chi connectivity index (χ3n) is 9.82. The fourth-order valence-corrected chi connectivity index (χ4v) is 7.76. The minimum atomic E-state index is -4.28. The zero-order chi connectivity index (χ0) is 37.0. The molecule has 0 bridgehead atoms. The van der Waals surface area contributed by atoms with Crippen molar-refractivity contribution in [1.82, 2.24) is 4.98 Å². The molecule has 0 aliphatic carbocycles. The number of aliphatic hydroxyl groups excluding tert-OH is 1. The number of nitrogens with zero attached hydrogens (tertiary/aromatic N) is 1. The number of aliphatic hydroxyl groups is 1. The Bertz CT molecular complexity index is 1980. The molecule has 0 saturated heterocycles. The average molecular weight is 895 g/mol. The number of halogens is 3. The van der Waals surface area contributed by atoms with E-state index in [-0.39, 0.29) is 55.3 Å². The molecule has 5 rings (SSSR count). The Balaban J connectivity index is 0.000000374. The molecule has 2 heterocycles. The number of aromatic nitrogens is 1. The van der Waals surface area contributed by atoms with Crippen LogP contribution in [0.1, 0.15) is 99.1 Å². The van der Waals surface area contributed by atoms with Crippen LogP contribution in [0.5, 0.6) is 0 Å². The number of carbonyl (C=O) groups excluding carboxylic acids is 1. The number of hydrogen-bond donors (Lipinski definition) is 1. The van der Waals surface area contributed by atoms with Crippen molar-refractivity contribution in [3.8, 4) is 11.3 Å². The van der Waals surface area contributed by atoms with Gasteiger partial charge in [0, 0.05) is 64.7 Å². The van der Waals surface area contributed by atoms with Crippen molar-refractivity contribution >= 4 is 48.1 Å². The van der Waals surface area contributed by atoms with Gasteiger partial charge in [-0.05, 0) is 54.5 Å². The van der Waals surface area contributed by atoms with Crippen LogP contribution < -0.4 is 0 Å². The number of rotatable bonds is 10. The summed E-state index contributed by atoms with van der Waals surface area (Å²) in [6.07, 6.45) is 2.35. The Morgan fingerprint density at radius 1 is 0.843 bits per heavy atom. The van der Waals surface area contributed by atoms with E-state index in [1.54, 1.807) is 6.20 Å². The van der Waals surface area contributed by atoms with Gasteiger partial charge in [0.1, 0.15) is 0 Å². The van der Waals surface area contributed by atoms with Crippen molar-refractivity contribution < 1.29 is 43.2 Å². The van der Waals surface area contributed by atoms with Gasteiger partial charge in [-0.3, -0.25) is 9.78 Å². The molecule has 0 aliphatic heterocycles. The Kier molecular flexibility index (Phi) is 14.3. The van der Waals surface area contributed by atoms with Gasteiger partial charge in [0.15, 0.2) is 5.78 Å². The number of ketones is 1. The quantitative estimate of drug-likeness (QED) is 0.0863. The third-order valence-corrected chi connectivity index (χ3v) is 11.1. The van der Waals surface area contributed by atoms with Crippen molar-refractivity contribution in [2.24, 2.45) is 17.3 Å². The van der Waals surface area contributed by atoms with Crippen LogP contribution in [0.25, 0.3) is 42.2 Å². The van der Waals surface area contributed by atoms with Gasteiger partial charge in [0.05, 0.1) is 11.2 Å². The van der Waals surface area contributed by atoms with Crippen LogP contribution in [0.15, 0.2) is 72.6 Å². The van der Waals surface area contributed by atoms with Crippen molar-refractivity contribution in [2.45, 2.75) is 106 Å².